The summed E-state index contributed by atoms with van der Waals surface area (Å²) in [5.41, 5.74) is 1.30. The fourth-order valence-electron chi connectivity index (χ4n) is 3.47. The summed E-state index contributed by atoms with van der Waals surface area (Å²) in [5, 5.41) is 0. The van der Waals surface area contributed by atoms with E-state index in [2.05, 4.69) is 4.98 Å². The maximum atomic E-state index is 12.8. The zero-order valence-corrected chi connectivity index (χ0v) is 15.5. The van der Waals surface area contributed by atoms with E-state index in [4.69, 9.17) is 0 Å². The molecule has 0 atom stereocenters. The smallest absolute Gasteiger partial charge is 0.282 e. The van der Waals surface area contributed by atoms with Crippen LogP contribution in [0.1, 0.15) is 41.7 Å². The molecule has 2 aliphatic heterocycles. The minimum Gasteiger partial charge on any atom is -0.337 e. The van der Waals surface area contributed by atoms with E-state index in [1.807, 2.05) is 6.92 Å². The number of rotatable bonds is 3. The van der Waals surface area contributed by atoms with Crippen LogP contribution < -0.4 is 0 Å². The zero-order valence-electron chi connectivity index (χ0n) is 14.7. The minimum absolute atomic E-state index is 0.0668. The number of carbonyl (C=O) groups is 1. The molecule has 8 heteroatoms. The lowest BCUT2D eigenvalue weighted by molar-refractivity contribution is 0.0762. The van der Waals surface area contributed by atoms with Gasteiger partial charge in [0.25, 0.3) is 16.1 Å². The first-order chi connectivity index (χ1) is 12.0. The van der Waals surface area contributed by atoms with Crippen LogP contribution in [0.25, 0.3) is 0 Å². The molecule has 0 aliphatic carbocycles. The predicted molar refractivity (Wildman–Crippen MR) is 95.4 cm³/mol. The van der Waals surface area contributed by atoms with Crippen LogP contribution in [0.4, 0.5) is 0 Å². The number of piperidine rings is 1. The van der Waals surface area contributed by atoms with Gasteiger partial charge in [-0.3, -0.25) is 9.78 Å². The van der Waals surface area contributed by atoms with Crippen molar-refractivity contribution in [3.05, 3.63) is 29.6 Å². The van der Waals surface area contributed by atoms with Crippen molar-refractivity contribution in [2.75, 3.05) is 39.3 Å². The molecule has 1 aromatic rings. The summed E-state index contributed by atoms with van der Waals surface area (Å²) in [4.78, 5) is 18.7. The molecule has 0 saturated carbocycles. The first-order valence-electron chi connectivity index (χ1n) is 8.96. The summed E-state index contributed by atoms with van der Waals surface area (Å²) in [6.45, 7) is 4.84. The van der Waals surface area contributed by atoms with Gasteiger partial charge in [0, 0.05) is 51.2 Å². The fourth-order valence-corrected chi connectivity index (χ4v) is 5.19. The summed E-state index contributed by atoms with van der Waals surface area (Å²) in [5.74, 6) is -0.0668. The fraction of sp³-hybridized carbons (Fsp3) is 0.647. The second-order valence-corrected chi connectivity index (χ2v) is 8.58. The monoisotopic (exact) mass is 366 g/mol. The highest BCUT2D eigenvalue weighted by Crippen LogP contribution is 2.19. The van der Waals surface area contributed by atoms with Gasteiger partial charge in [-0.2, -0.15) is 17.0 Å². The molecule has 7 nitrogen and oxygen atoms in total. The quantitative estimate of drug-likeness (QED) is 0.807. The molecule has 2 aliphatic rings. The van der Waals surface area contributed by atoms with Gasteiger partial charge < -0.3 is 4.90 Å². The average Bonchev–Trinajstić information content (AvgIpc) is 2.89. The van der Waals surface area contributed by atoms with E-state index in [0.29, 0.717) is 56.9 Å². The molecule has 3 heterocycles. The van der Waals surface area contributed by atoms with E-state index in [9.17, 15) is 13.2 Å². The largest absolute Gasteiger partial charge is 0.337 e. The lowest BCUT2D eigenvalue weighted by Crippen LogP contribution is -2.47. The van der Waals surface area contributed by atoms with Crippen molar-refractivity contribution in [1.82, 2.24) is 18.5 Å². The number of pyridine rings is 1. The second kappa shape index (κ2) is 7.80. The number of hydrogen-bond acceptors (Lipinski definition) is 4. The molecule has 138 valence electrons. The molecule has 0 unspecified atom stereocenters. The number of nitrogens with zero attached hydrogens (tertiary/aromatic N) is 4. The van der Waals surface area contributed by atoms with Crippen molar-refractivity contribution in [2.45, 2.75) is 32.6 Å². The molecule has 0 radical (unpaired) electrons. The van der Waals surface area contributed by atoms with E-state index in [1.54, 1.807) is 31.8 Å². The maximum absolute atomic E-state index is 12.8. The van der Waals surface area contributed by atoms with Crippen molar-refractivity contribution in [2.24, 2.45) is 0 Å². The molecular formula is C17H26N4O3S. The number of aryl methyl sites for hydroxylation is 1. The van der Waals surface area contributed by atoms with Gasteiger partial charge in [-0.25, -0.2) is 0 Å². The standard InChI is InChI=1S/C17H26N4O3S/c1-15-16(7-5-8-18-15)17(22)19-9-6-12-21(14-13-19)25(23,24)20-10-3-2-4-11-20/h5,7-8H,2-4,6,9-14H2,1H3. The van der Waals surface area contributed by atoms with Crippen molar-refractivity contribution >= 4 is 16.1 Å². The lowest BCUT2D eigenvalue weighted by Gasteiger charge is -2.31. The summed E-state index contributed by atoms with van der Waals surface area (Å²) >= 11 is 0. The van der Waals surface area contributed by atoms with Crippen molar-refractivity contribution in [3.8, 4) is 0 Å². The van der Waals surface area contributed by atoms with Gasteiger partial charge in [-0.05, 0) is 38.3 Å². The molecule has 25 heavy (non-hydrogen) atoms. The normalized spacial score (nSPS) is 21.1. The molecule has 1 aromatic heterocycles. The van der Waals surface area contributed by atoms with Gasteiger partial charge in [-0.1, -0.05) is 6.42 Å². The minimum atomic E-state index is -3.41. The van der Waals surface area contributed by atoms with E-state index in [1.165, 1.54) is 0 Å². The van der Waals surface area contributed by atoms with Gasteiger partial charge in [0.15, 0.2) is 0 Å². The second-order valence-electron chi connectivity index (χ2n) is 6.65. The first-order valence-corrected chi connectivity index (χ1v) is 10.4. The SMILES string of the molecule is Cc1ncccc1C(=O)N1CCCN(S(=O)(=O)N2CCCCC2)CC1. The zero-order chi connectivity index (χ0) is 17.9. The van der Waals surface area contributed by atoms with Crippen LogP contribution in [-0.2, 0) is 10.2 Å². The van der Waals surface area contributed by atoms with Crippen molar-refractivity contribution < 1.29 is 13.2 Å². The molecule has 2 saturated heterocycles. The molecule has 1 amide bonds. The van der Waals surface area contributed by atoms with Crippen LogP contribution in [0.2, 0.25) is 0 Å². The molecule has 0 bridgehead atoms. The third-order valence-corrected chi connectivity index (χ3v) is 6.98. The number of aromatic nitrogens is 1. The molecule has 3 rings (SSSR count). The van der Waals surface area contributed by atoms with E-state index < -0.39 is 10.2 Å². The van der Waals surface area contributed by atoms with Crippen molar-refractivity contribution in [1.29, 1.82) is 0 Å². The third kappa shape index (κ3) is 4.02. The van der Waals surface area contributed by atoms with Crippen LogP contribution in [0.5, 0.6) is 0 Å². The summed E-state index contributed by atoms with van der Waals surface area (Å²) < 4.78 is 28.8. The molecule has 0 aromatic carbocycles. The van der Waals surface area contributed by atoms with E-state index in [-0.39, 0.29) is 5.91 Å². The van der Waals surface area contributed by atoms with Crippen LogP contribution in [0.15, 0.2) is 18.3 Å². The summed E-state index contributed by atoms with van der Waals surface area (Å²) in [6, 6.07) is 3.53. The average molecular weight is 366 g/mol. The Balaban J connectivity index is 1.68. The highest BCUT2D eigenvalue weighted by molar-refractivity contribution is 7.86. The Bertz CT molecular complexity index is 716. The van der Waals surface area contributed by atoms with Crippen LogP contribution in [0, 0.1) is 6.92 Å². The van der Waals surface area contributed by atoms with Gasteiger partial charge in [-0.15, -0.1) is 0 Å². The Hall–Kier alpha value is -1.51. The number of hydrogen-bond donors (Lipinski definition) is 0. The summed E-state index contributed by atoms with van der Waals surface area (Å²) in [6.07, 6.45) is 5.27. The Labute approximate surface area is 149 Å². The Morgan fingerprint density at radius 2 is 1.64 bits per heavy atom. The lowest BCUT2D eigenvalue weighted by atomic mass is 10.2. The number of amides is 1. The Morgan fingerprint density at radius 1 is 0.960 bits per heavy atom. The topological polar surface area (TPSA) is 73.8 Å². The van der Waals surface area contributed by atoms with Crippen LogP contribution >= 0.6 is 0 Å². The molecule has 2 fully saturated rings. The highest BCUT2D eigenvalue weighted by Gasteiger charge is 2.32. The van der Waals surface area contributed by atoms with Gasteiger partial charge >= 0.3 is 0 Å². The molecular weight excluding hydrogens is 340 g/mol. The Morgan fingerprint density at radius 3 is 2.36 bits per heavy atom. The molecule has 0 N–H and O–H groups in total. The highest BCUT2D eigenvalue weighted by atomic mass is 32.2. The van der Waals surface area contributed by atoms with Crippen LogP contribution in [-0.4, -0.2) is 72.1 Å². The van der Waals surface area contributed by atoms with E-state index >= 15 is 0 Å². The van der Waals surface area contributed by atoms with Crippen molar-refractivity contribution in [3.63, 3.8) is 0 Å². The third-order valence-electron chi connectivity index (χ3n) is 4.95. The molecule has 0 spiro atoms. The van der Waals surface area contributed by atoms with Gasteiger partial charge in [0.1, 0.15) is 0 Å². The van der Waals surface area contributed by atoms with Gasteiger partial charge in [0.05, 0.1) is 5.56 Å². The number of carbonyl (C=O) groups excluding carboxylic acids is 1. The van der Waals surface area contributed by atoms with Crippen LogP contribution in [0.3, 0.4) is 0 Å². The Kier molecular flexibility index (Phi) is 5.71. The van der Waals surface area contributed by atoms with E-state index in [0.717, 1.165) is 19.3 Å². The maximum Gasteiger partial charge on any atom is 0.282 e. The predicted octanol–water partition coefficient (Wildman–Crippen LogP) is 1.27. The van der Waals surface area contributed by atoms with Gasteiger partial charge in [0.2, 0.25) is 0 Å². The summed E-state index contributed by atoms with van der Waals surface area (Å²) in [7, 11) is -3.41. The first kappa shape index (κ1) is 18.3.